The smallest absolute Gasteiger partial charge is 0.119 e. The van der Waals surface area contributed by atoms with Crippen LogP contribution in [-0.4, -0.2) is 20.2 Å². The van der Waals surface area contributed by atoms with Crippen molar-refractivity contribution >= 4 is 0 Å². The Morgan fingerprint density at radius 1 is 1.29 bits per heavy atom. The molecule has 1 aliphatic carbocycles. The number of hydrogen-bond acceptors (Lipinski definition) is 2. The van der Waals surface area contributed by atoms with Crippen LogP contribution in [0.4, 0.5) is 0 Å². The lowest BCUT2D eigenvalue weighted by Gasteiger charge is -2.37. The van der Waals surface area contributed by atoms with Crippen molar-refractivity contribution in [3.63, 3.8) is 0 Å². The standard InChI is InChI=1S/C15H23NO/c1-3-16-11-14-8-7-13(14)9-12-5-4-6-15(10-12)17-2/h4-6,10,13-14,16H,3,7-9,11H2,1-2H3. The Morgan fingerprint density at radius 2 is 2.12 bits per heavy atom. The van der Waals surface area contributed by atoms with E-state index in [1.54, 1.807) is 7.11 Å². The molecule has 0 saturated heterocycles. The average Bonchev–Trinajstić information content (AvgIpc) is 2.35. The quantitative estimate of drug-likeness (QED) is 0.815. The summed E-state index contributed by atoms with van der Waals surface area (Å²) in [5, 5.41) is 3.46. The first-order valence-corrected chi connectivity index (χ1v) is 6.67. The fraction of sp³-hybridized carbons (Fsp3) is 0.600. The van der Waals surface area contributed by atoms with Crippen LogP contribution in [-0.2, 0) is 6.42 Å². The molecule has 1 saturated carbocycles. The summed E-state index contributed by atoms with van der Waals surface area (Å²) < 4.78 is 5.27. The van der Waals surface area contributed by atoms with Crippen molar-refractivity contribution in [1.82, 2.24) is 5.32 Å². The van der Waals surface area contributed by atoms with Gasteiger partial charge in [-0.05, 0) is 61.9 Å². The maximum absolute atomic E-state index is 5.27. The molecule has 94 valence electrons. The molecule has 1 fully saturated rings. The van der Waals surface area contributed by atoms with Crippen LogP contribution in [0.25, 0.3) is 0 Å². The Hall–Kier alpha value is -1.02. The second kappa shape index (κ2) is 6.06. The minimum absolute atomic E-state index is 0.862. The van der Waals surface area contributed by atoms with E-state index in [-0.39, 0.29) is 0 Å². The van der Waals surface area contributed by atoms with Crippen LogP contribution in [0.1, 0.15) is 25.3 Å². The van der Waals surface area contributed by atoms with Gasteiger partial charge in [0.2, 0.25) is 0 Å². The van der Waals surface area contributed by atoms with Crippen molar-refractivity contribution in [2.24, 2.45) is 11.8 Å². The predicted molar refractivity (Wildman–Crippen MR) is 71.5 cm³/mol. The number of hydrogen-bond donors (Lipinski definition) is 1. The average molecular weight is 233 g/mol. The fourth-order valence-electron chi connectivity index (χ4n) is 2.61. The largest absolute Gasteiger partial charge is 0.497 e. The van der Waals surface area contributed by atoms with E-state index in [0.717, 1.165) is 24.1 Å². The highest BCUT2D eigenvalue weighted by Gasteiger charge is 2.30. The molecule has 1 aliphatic rings. The van der Waals surface area contributed by atoms with Gasteiger partial charge >= 0.3 is 0 Å². The van der Waals surface area contributed by atoms with E-state index in [1.165, 1.54) is 31.4 Å². The van der Waals surface area contributed by atoms with Gasteiger partial charge in [0.05, 0.1) is 7.11 Å². The zero-order valence-corrected chi connectivity index (χ0v) is 10.9. The summed E-state index contributed by atoms with van der Waals surface area (Å²) in [5.41, 5.74) is 1.41. The summed E-state index contributed by atoms with van der Waals surface area (Å²) in [6.45, 7) is 4.45. The third kappa shape index (κ3) is 3.22. The topological polar surface area (TPSA) is 21.3 Å². The molecule has 0 aromatic heterocycles. The third-order valence-electron chi connectivity index (χ3n) is 3.86. The molecule has 1 N–H and O–H groups in total. The first kappa shape index (κ1) is 12.4. The van der Waals surface area contributed by atoms with Gasteiger partial charge in [-0.15, -0.1) is 0 Å². The minimum atomic E-state index is 0.862. The lowest BCUT2D eigenvalue weighted by molar-refractivity contribution is 0.172. The number of rotatable bonds is 6. The van der Waals surface area contributed by atoms with Gasteiger partial charge in [0.1, 0.15) is 5.75 Å². The molecule has 2 heteroatoms. The Bertz CT molecular complexity index is 351. The van der Waals surface area contributed by atoms with Crippen LogP contribution in [0, 0.1) is 11.8 Å². The second-order valence-electron chi connectivity index (χ2n) is 4.96. The van der Waals surface area contributed by atoms with Gasteiger partial charge in [0.25, 0.3) is 0 Å². The fourth-order valence-corrected chi connectivity index (χ4v) is 2.61. The van der Waals surface area contributed by atoms with Gasteiger partial charge in [-0.1, -0.05) is 19.1 Å². The molecule has 17 heavy (non-hydrogen) atoms. The van der Waals surface area contributed by atoms with Crippen molar-refractivity contribution in [3.8, 4) is 5.75 Å². The zero-order chi connectivity index (χ0) is 12.1. The molecule has 2 atom stereocenters. The molecule has 2 unspecified atom stereocenters. The second-order valence-corrected chi connectivity index (χ2v) is 4.96. The van der Waals surface area contributed by atoms with Crippen LogP contribution < -0.4 is 10.1 Å². The van der Waals surface area contributed by atoms with E-state index in [1.807, 2.05) is 6.07 Å². The van der Waals surface area contributed by atoms with E-state index in [2.05, 4.69) is 30.4 Å². The third-order valence-corrected chi connectivity index (χ3v) is 3.86. The van der Waals surface area contributed by atoms with Gasteiger partial charge in [0.15, 0.2) is 0 Å². The first-order chi connectivity index (χ1) is 8.33. The van der Waals surface area contributed by atoms with E-state index in [0.29, 0.717) is 0 Å². The summed E-state index contributed by atoms with van der Waals surface area (Å²) in [4.78, 5) is 0. The molecular formula is C15H23NO. The number of methoxy groups -OCH3 is 1. The molecule has 1 aromatic carbocycles. The summed E-state index contributed by atoms with van der Waals surface area (Å²) in [6, 6.07) is 8.49. The van der Waals surface area contributed by atoms with Crippen molar-refractivity contribution in [2.45, 2.75) is 26.2 Å². The summed E-state index contributed by atoms with van der Waals surface area (Å²) in [7, 11) is 1.73. The summed E-state index contributed by atoms with van der Waals surface area (Å²) in [5.74, 6) is 2.72. The van der Waals surface area contributed by atoms with Gasteiger partial charge < -0.3 is 10.1 Å². The van der Waals surface area contributed by atoms with Crippen LogP contribution in [0.2, 0.25) is 0 Å². The van der Waals surface area contributed by atoms with E-state index in [9.17, 15) is 0 Å². The van der Waals surface area contributed by atoms with Crippen LogP contribution in [0.15, 0.2) is 24.3 Å². The number of ether oxygens (including phenoxy) is 1. The number of benzene rings is 1. The van der Waals surface area contributed by atoms with Gasteiger partial charge in [0, 0.05) is 0 Å². The minimum Gasteiger partial charge on any atom is -0.497 e. The summed E-state index contributed by atoms with van der Waals surface area (Å²) in [6.07, 6.45) is 3.97. The van der Waals surface area contributed by atoms with Crippen molar-refractivity contribution < 1.29 is 4.74 Å². The lowest BCUT2D eigenvalue weighted by Crippen LogP contribution is -2.36. The Morgan fingerprint density at radius 3 is 2.76 bits per heavy atom. The maximum atomic E-state index is 5.27. The van der Waals surface area contributed by atoms with Crippen LogP contribution >= 0.6 is 0 Å². The molecule has 0 amide bonds. The van der Waals surface area contributed by atoms with Crippen molar-refractivity contribution in [3.05, 3.63) is 29.8 Å². The van der Waals surface area contributed by atoms with Crippen molar-refractivity contribution in [2.75, 3.05) is 20.2 Å². The van der Waals surface area contributed by atoms with E-state index < -0.39 is 0 Å². The van der Waals surface area contributed by atoms with E-state index >= 15 is 0 Å². The monoisotopic (exact) mass is 233 g/mol. The zero-order valence-electron chi connectivity index (χ0n) is 10.9. The van der Waals surface area contributed by atoms with Crippen molar-refractivity contribution in [1.29, 1.82) is 0 Å². The summed E-state index contributed by atoms with van der Waals surface area (Å²) >= 11 is 0. The SMILES string of the molecule is CCNCC1CCC1Cc1cccc(OC)c1. The molecule has 0 spiro atoms. The first-order valence-electron chi connectivity index (χ1n) is 6.67. The molecule has 2 rings (SSSR count). The predicted octanol–water partition coefficient (Wildman–Crippen LogP) is 2.87. The molecule has 0 bridgehead atoms. The highest BCUT2D eigenvalue weighted by molar-refractivity contribution is 5.28. The van der Waals surface area contributed by atoms with Gasteiger partial charge in [-0.25, -0.2) is 0 Å². The lowest BCUT2D eigenvalue weighted by atomic mass is 9.70. The van der Waals surface area contributed by atoms with E-state index in [4.69, 9.17) is 4.74 Å². The highest BCUT2D eigenvalue weighted by Crippen LogP contribution is 2.36. The molecular weight excluding hydrogens is 210 g/mol. The Kier molecular flexibility index (Phi) is 4.43. The molecule has 2 nitrogen and oxygen atoms in total. The Labute approximate surface area is 104 Å². The molecule has 1 aromatic rings. The Balaban J connectivity index is 1.87. The van der Waals surface area contributed by atoms with Gasteiger partial charge in [-0.2, -0.15) is 0 Å². The molecule has 0 heterocycles. The molecule has 0 aliphatic heterocycles. The normalized spacial score (nSPS) is 23.2. The molecule has 0 radical (unpaired) electrons. The van der Waals surface area contributed by atoms with Crippen LogP contribution in [0.3, 0.4) is 0 Å². The maximum Gasteiger partial charge on any atom is 0.119 e. The van der Waals surface area contributed by atoms with Gasteiger partial charge in [-0.3, -0.25) is 0 Å². The highest BCUT2D eigenvalue weighted by atomic mass is 16.5. The number of nitrogens with one attached hydrogen (secondary N) is 1. The van der Waals surface area contributed by atoms with Crippen LogP contribution in [0.5, 0.6) is 5.75 Å².